The van der Waals surface area contributed by atoms with Crippen molar-refractivity contribution in [3.63, 3.8) is 0 Å². The van der Waals surface area contributed by atoms with Crippen LogP contribution >= 0.6 is 22.6 Å². The lowest BCUT2D eigenvalue weighted by atomic mass is 10.1. The second-order valence-electron chi connectivity index (χ2n) is 5.81. The van der Waals surface area contributed by atoms with Gasteiger partial charge in [-0.1, -0.05) is 30.3 Å². The zero-order valence-electron chi connectivity index (χ0n) is 13.7. The Morgan fingerprint density at radius 1 is 0.960 bits per heavy atom. The minimum absolute atomic E-state index is 0.330. The van der Waals surface area contributed by atoms with Crippen molar-refractivity contribution in [3.8, 4) is 5.75 Å². The highest BCUT2D eigenvalue weighted by Gasteiger charge is 2.14. The molecular formula is C21H16INO2. The number of rotatable bonds is 3. The average molecular weight is 441 g/mol. The van der Waals surface area contributed by atoms with Crippen LogP contribution in [0.4, 0.5) is 0 Å². The van der Waals surface area contributed by atoms with Crippen LogP contribution in [0.25, 0.3) is 21.8 Å². The summed E-state index contributed by atoms with van der Waals surface area (Å²) in [5.41, 5.74) is 2.93. The Hall–Kier alpha value is -2.34. The maximum atomic E-state index is 12.5. The first-order chi connectivity index (χ1) is 12.2. The molecule has 0 bridgehead atoms. The largest absolute Gasteiger partial charge is 0.423 e. The highest BCUT2D eigenvalue weighted by Crippen LogP contribution is 2.32. The van der Waals surface area contributed by atoms with E-state index in [1.165, 1.54) is 10.9 Å². The van der Waals surface area contributed by atoms with Gasteiger partial charge in [0.2, 0.25) is 0 Å². The predicted molar refractivity (Wildman–Crippen MR) is 109 cm³/mol. The zero-order valence-corrected chi connectivity index (χ0v) is 15.9. The van der Waals surface area contributed by atoms with Crippen molar-refractivity contribution in [1.29, 1.82) is 0 Å². The molecule has 0 aliphatic rings. The van der Waals surface area contributed by atoms with Crippen molar-refractivity contribution >= 4 is 50.4 Å². The van der Waals surface area contributed by atoms with E-state index >= 15 is 0 Å². The highest BCUT2D eigenvalue weighted by atomic mass is 127. The summed E-state index contributed by atoms with van der Waals surface area (Å²) in [5.74, 6) is 0.236. The molecule has 0 fully saturated rings. The molecule has 0 spiro atoms. The fourth-order valence-electron chi connectivity index (χ4n) is 3.23. The summed E-state index contributed by atoms with van der Waals surface area (Å²) < 4.78 is 8.79. The maximum Gasteiger partial charge on any atom is 0.344 e. The van der Waals surface area contributed by atoms with E-state index in [4.69, 9.17) is 4.74 Å². The second-order valence-corrected chi connectivity index (χ2v) is 6.97. The number of benzene rings is 3. The van der Waals surface area contributed by atoms with Crippen molar-refractivity contribution in [2.24, 2.45) is 0 Å². The number of hydrogen-bond donors (Lipinski definition) is 0. The minimum atomic E-state index is -0.330. The zero-order chi connectivity index (χ0) is 17.4. The van der Waals surface area contributed by atoms with Crippen molar-refractivity contribution in [3.05, 3.63) is 75.9 Å². The lowest BCUT2D eigenvalue weighted by molar-refractivity contribution is 0.0734. The molecule has 0 N–H and O–H groups in total. The molecule has 3 aromatic carbocycles. The normalized spacial score (nSPS) is 11.1. The lowest BCUT2D eigenvalue weighted by Crippen LogP contribution is -2.10. The van der Waals surface area contributed by atoms with Crippen LogP contribution in [0.5, 0.6) is 5.75 Å². The van der Waals surface area contributed by atoms with Crippen LogP contribution < -0.4 is 4.74 Å². The third-order valence-electron chi connectivity index (χ3n) is 4.36. The average Bonchev–Trinajstić information content (AvgIpc) is 2.95. The van der Waals surface area contributed by atoms with E-state index in [9.17, 15) is 4.79 Å². The van der Waals surface area contributed by atoms with Gasteiger partial charge in [0.15, 0.2) is 0 Å². The summed E-state index contributed by atoms with van der Waals surface area (Å²) >= 11 is 2.15. The molecule has 0 radical (unpaired) electrons. The van der Waals surface area contributed by atoms with Gasteiger partial charge in [-0.25, -0.2) is 4.79 Å². The van der Waals surface area contributed by atoms with E-state index in [0.29, 0.717) is 11.3 Å². The SMILES string of the molecule is CCn1c2ccccc2c2cc(OC(=O)c3ccccc3I)ccc21. The van der Waals surface area contributed by atoms with E-state index < -0.39 is 0 Å². The van der Waals surface area contributed by atoms with Crippen molar-refractivity contribution < 1.29 is 9.53 Å². The first kappa shape index (κ1) is 16.1. The van der Waals surface area contributed by atoms with E-state index in [1.807, 2.05) is 48.5 Å². The Morgan fingerprint density at radius 2 is 1.68 bits per heavy atom. The number of hydrogen-bond acceptors (Lipinski definition) is 2. The van der Waals surface area contributed by atoms with Gasteiger partial charge in [-0.05, 0) is 65.9 Å². The molecule has 0 aliphatic heterocycles. The standard InChI is InChI=1S/C21H16INO2/c1-2-23-19-10-6-4-7-15(19)17-13-14(11-12-20(17)23)25-21(24)16-8-3-5-9-18(16)22/h3-13H,2H2,1H3. The van der Waals surface area contributed by atoms with Crippen LogP contribution in [-0.4, -0.2) is 10.5 Å². The van der Waals surface area contributed by atoms with Crippen molar-refractivity contribution in [1.82, 2.24) is 4.57 Å². The smallest absolute Gasteiger partial charge is 0.344 e. The molecule has 1 aromatic heterocycles. The fourth-order valence-corrected chi connectivity index (χ4v) is 3.83. The maximum absolute atomic E-state index is 12.5. The van der Waals surface area contributed by atoms with Crippen LogP contribution in [-0.2, 0) is 6.54 Å². The van der Waals surface area contributed by atoms with Crippen LogP contribution in [0.3, 0.4) is 0 Å². The highest BCUT2D eigenvalue weighted by molar-refractivity contribution is 14.1. The molecule has 0 saturated carbocycles. The number of halogens is 1. The topological polar surface area (TPSA) is 31.2 Å². The number of carbonyl (C=O) groups excluding carboxylic acids is 1. The van der Waals surface area contributed by atoms with Gasteiger partial charge in [-0.2, -0.15) is 0 Å². The van der Waals surface area contributed by atoms with E-state index in [-0.39, 0.29) is 5.97 Å². The van der Waals surface area contributed by atoms with Gasteiger partial charge in [0.05, 0.1) is 5.56 Å². The van der Waals surface area contributed by atoms with E-state index in [0.717, 1.165) is 21.0 Å². The molecule has 0 saturated heterocycles. The number of nitrogens with zero attached hydrogens (tertiary/aromatic N) is 1. The lowest BCUT2D eigenvalue weighted by Gasteiger charge is -2.07. The van der Waals surface area contributed by atoms with E-state index in [1.54, 1.807) is 6.07 Å². The van der Waals surface area contributed by atoms with Gasteiger partial charge in [-0.3, -0.25) is 0 Å². The Balaban J connectivity index is 1.78. The van der Waals surface area contributed by atoms with Crippen LogP contribution in [0.15, 0.2) is 66.7 Å². The molecule has 25 heavy (non-hydrogen) atoms. The van der Waals surface area contributed by atoms with Crippen molar-refractivity contribution in [2.75, 3.05) is 0 Å². The van der Waals surface area contributed by atoms with Crippen LogP contribution in [0, 0.1) is 3.57 Å². The second kappa shape index (κ2) is 6.52. The number of para-hydroxylation sites is 1. The molecule has 4 aromatic rings. The predicted octanol–water partition coefficient (Wildman–Crippen LogP) is 5.64. The molecule has 0 aliphatic carbocycles. The van der Waals surface area contributed by atoms with Gasteiger partial charge in [-0.15, -0.1) is 0 Å². The minimum Gasteiger partial charge on any atom is -0.423 e. The number of esters is 1. The summed E-state index contributed by atoms with van der Waals surface area (Å²) in [6, 6.07) is 21.6. The molecule has 0 unspecified atom stereocenters. The van der Waals surface area contributed by atoms with E-state index in [2.05, 4.69) is 46.2 Å². The third-order valence-corrected chi connectivity index (χ3v) is 5.31. The van der Waals surface area contributed by atoms with Gasteiger partial charge < -0.3 is 9.30 Å². The third kappa shape index (κ3) is 2.80. The summed E-state index contributed by atoms with van der Waals surface area (Å²) in [6.07, 6.45) is 0. The molecular weight excluding hydrogens is 425 g/mol. The van der Waals surface area contributed by atoms with Crippen molar-refractivity contribution in [2.45, 2.75) is 13.5 Å². The number of aryl methyl sites for hydroxylation is 1. The first-order valence-corrected chi connectivity index (χ1v) is 9.24. The Labute approximate surface area is 159 Å². The molecule has 0 amide bonds. The molecule has 1 heterocycles. The number of aromatic nitrogens is 1. The monoisotopic (exact) mass is 441 g/mol. The fraction of sp³-hybridized carbons (Fsp3) is 0.0952. The van der Waals surface area contributed by atoms with Gasteiger partial charge in [0.1, 0.15) is 5.75 Å². The van der Waals surface area contributed by atoms with Crippen LogP contribution in [0.2, 0.25) is 0 Å². The number of fused-ring (bicyclic) bond motifs is 3. The Kier molecular flexibility index (Phi) is 4.21. The summed E-state index contributed by atoms with van der Waals surface area (Å²) in [5, 5.41) is 2.28. The van der Waals surface area contributed by atoms with Gasteiger partial charge >= 0.3 is 5.97 Å². The molecule has 4 rings (SSSR count). The molecule has 4 heteroatoms. The number of ether oxygens (including phenoxy) is 1. The van der Waals surface area contributed by atoms with Gasteiger partial charge in [0, 0.05) is 31.9 Å². The van der Waals surface area contributed by atoms with Crippen LogP contribution in [0.1, 0.15) is 17.3 Å². The molecule has 124 valence electrons. The quantitative estimate of drug-likeness (QED) is 0.234. The summed E-state index contributed by atoms with van der Waals surface area (Å²) in [7, 11) is 0. The summed E-state index contributed by atoms with van der Waals surface area (Å²) in [4.78, 5) is 12.5. The first-order valence-electron chi connectivity index (χ1n) is 8.16. The summed E-state index contributed by atoms with van der Waals surface area (Å²) in [6.45, 7) is 3.03. The Bertz CT molecular complexity index is 1100. The number of carbonyl (C=O) groups is 1. The van der Waals surface area contributed by atoms with Gasteiger partial charge in [0.25, 0.3) is 0 Å². The molecule has 0 atom stereocenters. The Morgan fingerprint density at radius 3 is 2.48 bits per heavy atom. The molecule has 3 nitrogen and oxygen atoms in total.